The van der Waals surface area contributed by atoms with Crippen LogP contribution in [0.2, 0.25) is 0 Å². The number of nitrogens with one attached hydrogen (secondary N) is 2. The minimum atomic E-state index is -3.36. The Morgan fingerprint density at radius 3 is 2.52 bits per heavy atom. The van der Waals surface area contributed by atoms with Crippen LogP contribution in [0.5, 0.6) is 0 Å². The Balaban J connectivity index is 0.00000261. The van der Waals surface area contributed by atoms with E-state index in [1.165, 1.54) is 0 Å². The van der Waals surface area contributed by atoms with Gasteiger partial charge in [0.05, 0.1) is 4.90 Å². The van der Waals surface area contributed by atoms with Gasteiger partial charge < -0.3 is 10.6 Å². The number of hydrogen-bond acceptors (Lipinski definition) is 4. The molecule has 0 spiro atoms. The van der Waals surface area contributed by atoms with Crippen molar-refractivity contribution >= 4 is 28.3 Å². The van der Waals surface area contributed by atoms with E-state index in [0.717, 1.165) is 37.9 Å². The fourth-order valence-electron chi connectivity index (χ4n) is 3.67. The summed E-state index contributed by atoms with van der Waals surface area (Å²) in [6.07, 6.45) is 3.88. The van der Waals surface area contributed by atoms with Crippen LogP contribution in [0.1, 0.15) is 38.2 Å². The van der Waals surface area contributed by atoms with Crippen molar-refractivity contribution in [2.45, 2.75) is 50.0 Å². The number of aryl methyl sites for hydroxylation is 1. The van der Waals surface area contributed by atoms with Crippen LogP contribution in [-0.2, 0) is 21.2 Å². The van der Waals surface area contributed by atoms with Crippen LogP contribution >= 0.6 is 12.4 Å². The van der Waals surface area contributed by atoms with Crippen molar-refractivity contribution < 1.29 is 13.2 Å². The summed E-state index contributed by atoms with van der Waals surface area (Å²) in [5.41, 5.74) is 0.985. The lowest BCUT2D eigenvalue weighted by Gasteiger charge is -2.30. The molecule has 1 aromatic rings. The topological polar surface area (TPSA) is 78.5 Å². The molecule has 2 fully saturated rings. The maximum Gasteiger partial charge on any atom is 0.243 e. The van der Waals surface area contributed by atoms with Crippen LogP contribution in [0.4, 0.5) is 0 Å². The first-order chi connectivity index (χ1) is 12.5. The van der Waals surface area contributed by atoms with Crippen molar-refractivity contribution in [1.82, 2.24) is 14.9 Å². The third kappa shape index (κ3) is 5.67. The maximum atomic E-state index is 12.5. The predicted octanol–water partition coefficient (Wildman–Crippen LogP) is 1.94. The zero-order valence-electron chi connectivity index (χ0n) is 15.8. The molecule has 0 radical (unpaired) electrons. The van der Waals surface area contributed by atoms with Crippen LogP contribution in [0.15, 0.2) is 29.2 Å². The second-order valence-corrected chi connectivity index (χ2v) is 9.34. The molecule has 2 aliphatic rings. The molecule has 1 amide bonds. The van der Waals surface area contributed by atoms with Gasteiger partial charge in [-0.1, -0.05) is 19.1 Å². The Bertz CT molecular complexity index is 718. The van der Waals surface area contributed by atoms with Crippen molar-refractivity contribution in [3.8, 4) is 0 Å². The molecular formula is C19H30ClN3O3S. The van der Waals surface area contributed by atoms with Crippen LogP contribution in [0.3, 0.4) is 0 Å². The van der Waals surface area contributed by atoms with E-state index in [9.17, 15) is 13.2 Å². The van der Waals surface area contributed by atoms with Gasteiger partial charge in [-0.3, -0.25) is 4.79 Å². The van der Waals surface area contributed by atoms with Crippen molar-refractivity contribution in [3.05, 3.63) is 29.8 Å². The first-order valence-electron chi connectivity index (χ1n) is 9.56. The molecule has 0 saturated carbocycles. The number of hydrogen-bond donors (Lipinski definition) is 2. The van der Waals surface area contributed by atoms with Gasteiger partial charge in [0.15, 0.2) is 0 Å². The van der Waals surface area contributed by atoms with Crippen LogP contribution < -0.4 is 10.6 Å². The van der Waals surface area contributed by atoms with Gasteiger partial charge in [0.1, 0.15) is 0 Å². The number of rotatable bonds is 6. The maximum absolute atomic E-state index is 12.5. The molecule has 27 heavy (non-hydrogen) atoms. The number of carbonyl (C=O) groups excluding carboxylic acids is 1. The second-order valence-electron chi connectivity index (χ2n) is 7.40. The largest absolute Gasteiger partial charge is 0.353 e. The Labute approximate surface area is 168 Å². The van der Waals surface area contributed by atoms with E-state index in [1.54, 1.807) is 16.4 Å². The Kier molecular flexibility index (Phi) is 8.09. The molecular weight excluding hydrogens is 386 g/mol. The van der Waals surface area contributed by atoms with E-state index in [2.05, 4.69) is 17.6 Å². The first kappa shape index (κ1) is 22.1. The molecule has 2 N–H and O–H groups in total. The van der Waals surface area contributed by atoms with Crippen LogP contribution in [-0.4, -0.2) is 50.9 Å². The fraction of sp³-hybridized carbons (Fsp3) is 0.632. The number of amides is 1. The fourth-order valence-corrected chi connectivity index (χ4v) is 5.19. The molecule has 1 aromatic carbocycles. The minimum absolute atomic E-state index is 0. The highest BCUT2D eigenvalue weighted by Gasteiger charge is 2.27. The number of nitrogens with zero attached hydrogens (tertiary/aromatic N) is 1. The molecule has 6 nitrogen and oxygen atoms in total. The molecule has 0 aromatic heterocycles. The normalized spacial score (nSPS) is 23.6. The summed E-state index contributed by atoms with van der Waals surface area (Å²) in [7, 11) is -3.36. The highest BCUT2D eigenvalue weighted by atomic mass is 35.5. The highest BCUT2D eigenvalue weighted by Crippen LogP contribution is 2.21. The van der Waals surface area contributed by atoms with E-state index in [0.29, 0.717) is 36.7 Å². The highest BCUT2D eigenvalue weighted by molar-refractivity contribution is 7.89. The van der Waals surface area contributed by atoms with Crippen molar-refractivity contribution in [2.75, 3.05) is 26.2 Å². The zero-order valence-corrected chi connectivity index (χ0v) is 17.4. The van der Waals surface area contributed by atoms with Gasteiger partial charge in [-0.25, -0.2) is 8.42 Å². The van der Waals surface area contributed by atoms with E-state index in [4.69, 9.17) is 0 Å². The quantitative estimate of drug-likeness (QED) is 0.744. The molecule has 2 aliphatic heterocycles. The van der Waals surface area contributed by atoms with E-state index < -0.39 is 10.0 Å². The van der Waals surface area contributed by atoms with E-state index in [1.807, 2.05) is 12.1 Å². The minimum Gasteiger partial charge on any atom is -0.353 e. The van der Waals surface area contributed by atoms with E-state index in [-0.39, 0.29) is 24.4 Å². The molecule has 2 unspecified atom stereocenters. The van der Waals surface area contributed by atoms with Crippen molar-refractivity contribution in [2.24, 2.45) is 5.92 Å². The standard InChI is InChI=1S/C19H29N3O3S.ClH/c1-15-14-20-11-10-18(15)21-19(23)9-6-16-4-7-17(8-5-16)26(24,25)22-12-2-3-13-22;/h4-5,7-8,15,18,20H,2-3,6,9-14H2,1H3,(H,21,23);1H. The predicted molar refractivity (Wildman–Crippen MR) is 109 cm³/mol. The summed E-state index contributed by atoms with van der Waals surface area (Å²) in [5, 5.41) is 6.46. The lowest BCUT2D eigenvalue weighted by Crippen LogP contribution is -2.48. The summed E-state index contributed by atoms with van der Waals surface area (Å²) in [6.45, 7) is 5.26. The van der Waals surface area contributed by atoms with Gasteiger partial charge >= 0.3 is 0 Å². The molecule has 2 heterocycles. The van der Waals surface area contributed by atoms with Gasteiger partial charge in [-0.15, -0.1) is 12.4 Å². The SMILES string of the molecule is CC1CNCCC1NC(=O)CCc1ccc(S(=O)(=O)N2CCCC2)cc1.Cl. The summed E-state index contributed by atoms with van der Waals surface area (Å²) in [5.74, 6) is 0.514. The summed E-state index contributed by atoms with van der Waals surface area (Å²) in [6, 6.07) is 7.22. The monoisotopic (exact) mass is 415 g/mol. The lowest BCUT2D eigenvalue weighted by atomic mass is 9.95. The summed E-state index contributed by atoms with van der Waals surface area (Å²) in [4.78, 5) is 12.5. The van der Waals surface area contributed by atoms with Gasteiger partial charge in [-0.2, -0.15) is 4.31 Å². The first-order valence-corrected chi connectivity index (χ1v) is 11.0. The summed E-state index contributed by atoms with van der Waals surface area (Å²) < 4.78 is 26.6. The average Bonchev–Trinajstić information content (AvgIpc) is 3.18. The number of carbonyl (C=O) groups is 1. The molecule has 2 saturated heterocycles. The number of halogens is 1. The molecule has 3 rings (SSSR count). The molecule has 8 heteroatoms. The number of piperidine rings is 1. The Morgan fingerprint density at radius 1 is 1.22 bits per heavy atom. The molecule has 0 bridgehead atoms. The van der Waals surface area contributed by atoms with Crippen molar-refractivity contribution in [1.29, 1.82) is 0 Å². The van der Waals surface area contributed by atoms with Crippen molar-refractivity contribution in [3.63, 3.8) is 0 Å². The molecule has 0 aliphatic carbocycles. The average molecular weight is 416 g/mol. The van der Waals surface area contributed by atoms with E-state index >= 15 is 0 Å². The van der Waals surface area contributed by atoms with Crippen LogP contribution in [0.25, 0.3) is 0 Å². The van der Waals surface area contributed by atoms with Gasteiger partial charge in [0.25, 0.3) is 0 Å². The lowest BCUT2D eigenvalue weighted by molar-refractivity contribution is -0.122. The molecule has 152 valence electrons. The number of sulfonamides is 1. The third-order valence-electron chi connectivity index (χ3n) is 5.40. The van der Waals surface area contributed by atoms with Crippen LogP contribution in [0, 0.1) is 5.92 Å². The Hall–Kier alpha value is -1.15. The summed E-state index contributed by atoms with van der Waals surface area (Å²) >= 11 is 0. The third-order valence-corrected chi connectivity index (χ3v) is 7.31. The van der Waals surface area contributed by atoms with Gasteiger partial charge in [-0.05, 0) is 62.4 Å². The smallest absolute Gasteiger partial charge is 0.243 e. The van der Waals surface area contributed by atoms with Gasteiger partial charge in [0.2, 0.25) is 15.9 Å². The number of benzene rings is 1. The second kappa shape index (κ2) is 9.87. The Morgan fingerprint density at radius 2 is 1.89 bits per heavy atom. The molecule has 2 atom stereocenters. The zero-order chi connectivity index (χ0) is 18.6. The van der Waals surface area contributed by atoms with Gasteiger partial charge in [0, 0.05) is 25.6 Å².